The number of likely N-dealkylation sites (tertiary alicyclic amines) is 1. The van der Waals surface area contributed by atoms with E-state index in [1.165, 1.54) is 4.90 Å². The van der Waals surface area contributed by atoms with Gasteiger partial charge in [0, 0.05) is 34.1 Å². The Morgan fingerprint density at radius 2 is 1.95 bits per heavy atom. The van der Waals surface area contributed by atoms with Gasteiger partial charge >= 0.3 is 6.09 Å². The van der Waals surface area contributed by atoms with Crippen molar-refractivity contribution in [3.05, 3.63) is 28.7 Å². The highest BCUT2D eigenvalue weighted by Crippen LogP contribution is 2.27. The minimum atomic E-state index is -0.408. The molecule has 3 nitrogen and oxygen atoms in total. The van der Waals surface area contributed by atoms with E-state index in [9.17, 15) is 4.79 Å². The van der Waals surface area contributed by atoms with Crippen LogP contribution in [0.25, 0.3) is 0 Å². The molecule has 0 aromatic heterocycles. The number of carbonyl (C=O) groups is 1. The molecule has 5 heteroatoms. The van der Waals surface area contributed by atoms with Gasteiger partial charge in [-0.3, -0.25) is 0 Å². The summed E-state index contributed by atoms with van der Waals surface area (Å²) in [6, 6.07) is 8.32. The smallest absolute Gasteiger partial charge is 0.410 e. The highest BCUT2D eigenvalue weighted by Gasteiger charge is 2.33. The fourth-order valence-corrected chi connectivity index (χ4v) is 3.13. The van der Waals surface area contributed by atoms with Crippen LogP contribution in [0.15, 0.2) is 33.6 Å². The van der Waals surface area contributed by atoms with E-state index in [4.69, 9.17) is 4.74 Å². The Labute approximate surface area is 133 Å². The molecule has 1 fully saturated rings. The van der Waals surface area contributed by atoms with Gasteiger partial charge in [0.2, 0.25) is 0 Å². The van der Waals surface area contributed by atoms with E-state index in [2.05, 4.69) is 40.2 Å². The van der Waals surface area contributed by atoms with Gasteiger partial charge in [0.1, 0.15) is 5.60 Å². The fourth-order valence-electron chi connectivity index (χ4n) is 1.90. The molecule has 1 heterocycles. The standard InChI is InChI=1S/C15H20BrNO2S/c1-15(2,3)19-14(18)17-8-11(9-17)10-20-13-6-4-12(16)5-7-13/h4-7,11H,8-10H2,1-3H3. The second kappa shape index (κ2) is 6.39. The molecule has 0 bridgehead atoms. The molecule has 0 aliphatic carbocycles. The molecule has 1 amide bonds. The van der Waals surface area contributed by atoms with Gasteiger partial charge in [0.15, 0.2) is 0 Å². The van der Waals surface area contributed by atoms with Gasteiger partial charge in [-0.05, 0) is 45.0 Å². The number of carbonyl (C=O) groups excluding carboxylic acids is 1. The highest BCUT2D eigenvalue weighted by atomic mass is 79.9. The van der Waals surface area contributed by atoms with Crippen molar-refractivity contribution in [3.63, 3.8) is 0 Å². The molecule has 20 heavy (non-hydrogen) atoms. The van der Waals surface area contributed by atoms with Gasteiger partial charge in [-0.15, -0.1) is 11.8 Å². The molecule has 0 unspecified atom stereocenters. The lowest BCUT2D eigenvalue weighted by Crippen LogP contribution is -2.52. The van der Waals surface area contributed by atoms with Crippen LogP contribution in [0.5, 0.6) is 0 Å². The predicted molar refractivity (Wildman–Crippen MR) is 86.2 cm³/mol. The van der Waals surface area contributed by atoms with Crippen molar-refractivity contribution in [3.8, 4) is 0 Å². The predicted octanol–water partition coefficient (Wildman–Crippen LogP) is 4.41. The summed E-state index contributed by atoms with van der Waals surface area (Å²) in [5.41, 5.74) is -0.408. The number of halogens is 1. The van der Waals surface area contributed by atoms with E-state index in [0.717, 1.165) is 23.3 Å². The number of hydrogen-bond acceptors (Lipinski definition) is 3. The third-order valence-electron chi connectivity index (χ3n) is 2.91. The van der Waals surface area contributed by atoms with Crippen molar-refractivity contribution in [2.24, 2.45) is 5.92 Å². The van der Waals surface area contributed by atoms with E-state index < -0.39 is 5.60 Å². The number of ether oxygens (including phenoxy) is 1. The first-order valence-electron chi connectivity index (χ1n) is 6.70. The number of benzene rings is 1. The van der Waals surface area contributed by atoms with Gasteiger partial charge in [-0.2, -0.15) is 0 Å². The van der Waals surface area contributed by atoms with Gasteiger partial charge in [0.25, 0.3) is 0 Å². The Bertz CT molecular complexity index is 464. The van der Waals surface area contributed by atoms with Gasteiger partial charge in [-0.1, -0.05) is 15.9 Å². The molecule has 1 aliphatic heterocycles. The minimum Gasteiger partial charge on any atom is -0.444 e. The van der Waals surface area contributed by atoms with Crippen LogP contribution in [-0.4, -0.2) is 35.4 Å². The summed E-state index contributed by atoms with van der Waals surface area (Å²) in [4.78, 5) is 14.8. The molecule has 1 saturated heterocycles. The molecule has 0 radical (unpaired) electrons. The maximum absolute atomic E-state index is 11.8. The summed E-state index contributed by atoms with van der Waals surface area (Å²) < 4.78 is 6.44. The second-order valence-corrected chi connectivity index (χ2v) is 8.03. The molecular weight excluding hydrogens is 338 g/mol. The third-order valence-corrected chi connectivity index (χ3v) is 4.68. The summed E-state index contributed by atoms with van der Waals surface area (Å²) in [6.07, 6.45) is -0.192. The van der Waals surface area contributed by atoms with Crippen molar-refractivity contribution in [2.75, 3.05) is 18.8 Å². The number of nitrogens with zero attached hydrogens (tertiary/aromatic N) is 1. The largest absolute Gasteiger partial charge is 0.444 e. The van der Waals surface area contributed by atoms with Crippen LogP contribution in [-0.2, 0) is 4.74 Å². The van der Waals surface area contributed by atoms with Crippen LogP contribution in [0.4, 0.5) is 4.79 Å². The SMILES string of the molecule is CC(C)(C)OC(=O)N1CC(CSc2ccc(Br)cc2)C1. The molecule has 2 rings (SSSR count). The first-order chi connectivity index (χ1) is 9.33. The fraction of sp³-hybridized carbons (Fsp3) is 0.533. The molecule has 110 valence electrons. The highest BCUT2D eigenvalue weighted by molar-refractivity contribution is 9.10. The van der Waals surface area contributed by atoms with Crippen LogP contribution in [0, 0.1) is 5.92 Å². The minimum absolute atomic E-state index is 0.192. The molecule has 0 saturated carbocycles. The average molecular weight is 358 g/mol. The van der Waals surface area contributed by atoms with Crippen molar-refractivity contribution in [1.82, 2.24) is 4.90 Å². The quantitative estimate of drug-likeness (QED) is 0.750. The van der Waals surface area contributed by atoms with Gasteiger partial charge in [-0.25, -0.2) is 4.79 Å². The molecule has 0 N–H and O–H groups in total. The van der Waals surface area contributed by atoms with Crippen LogP contribution in [0.3, 0.4) is 0 Å². The molecular formula is C15H20BrNO2S. The Morgan fingerprint density at radius 1 is 1.35 bits per heavy atom. The number of amides is 1. The number of hydrogen-bond donors (Lipinski definition) is 0. The molecule has 1 aromatic rings. The van der Waals surface area contributed by atoms with E-state index >= 15 is 0 Å². The zero-order valence-corrected chi connectivity index (χ0v) is 14.5. The molecule has 1 aliphatic rings. The van der Waals surface area contributed by atoms with Gasteiger partial charge in [0.05, 0.1) is 0 Å². The first kappa shape index (κ1) is 15.7. The lowest BCUT2D eigenvalue weighted by Gasteiger charge is -2.39. The summed E-state index contributed by atoms with van der Waals surface area (Å²) in [7, 11) is 0. The third kappa shape index (κ3) is 4.70. The van der Waals surface area contributed by atoms with Crippen LogP contribution in [0.2, 0.25) is 0 Å². The average Bonchev–Trinajstić information content (AvgIpc) is 2.27. The van der Waals surface area contributed by atoms with Crippen LogP contribution in [0.1, 0.15) is 20.8 Å². The molecule has 0 spiro atoms. The maximum atomic E-state index is 11.8. The zero-order chi connectivity index (χ0) is 14.8. The maximum Gasteiger partial charge on any atom is 0.410 e. The Hall–Kier alpha value is -0.680. The Kier molecular flexibility index (Phi) is 5.02. The van der Waals surface area contributed by atoms with E-state index in [0.29, 0.717) is 5.92 Å². The van der Waals surface area contributed by atoms with E-state index in [1.807, 2.05) is 32.5 Å². The zero-order valence-electron chi connectivity index (χ0n) is 12.1. The summed E-state index contributed by atoms with van der Waals surface area (Å²) in [6.45, 7) is 7.29. The normalized spacial score (nSPS) is 15.9. The molecule has 1 aromatic carbocycles. The topological polar surface area (TPSA) is 29.5 Å². The van der Waals surface area contributed by atoms with E-state index in [-0.39, 0.29) is 6.09 Å². The molecule has 0 atom stereocenters. The van der Waals surface area contributed by atoms with Gasteiger partial charge < -0.3 is 9.64 Å². The monoisotopic (exact) mass is 357 g/mol. The summed E-state index contributed by atoms with van der Waals surface area (Å²) in [5.74, 6) is 1.61. The second-order valence-electron chi connectivity index (χ2n) is 6.02. The lowest BCUT2D eigenvalue weighted by atomic mass is 10.0. The van der Waals surface area contributed by atoms with Crippen molar-refractivity contribution < 1.29 is 9.53 Å². The van der Waals surface area contributed by atoms with Crippen molar-refractivity contribution in [2.45, 2.75) is 31.3 Å². The Balaban J connectivity index is 1.69. The van der Waals surface area contributed by atoms with Crippen LogP contribution < -0.4 is 0 Å². The van der Waals surface area contributed by atoms with E-state index in [1.54, 1.807) is 4.90 Å². The Morgan fingerprint density at radius 3 is 2.50 bits per heavy atom. The summed E-state index contributed by atoms with van der Waals surface area (Å²) in [5, 5.41) is 0. The number of rotatable bonds is 3. The van der Waals surface area contributed by atoms with Crippen LogP contribution >= 0.6 is 27.7 Å². The van der Waals surface area contributed by atoms with Crippen molar-refractivity contribution >= 4 is 33.8 Å². The summed E-state index contributed by atoms with van der Waals surface area (Å²) >= 11 is 5.27. The number of thioether (sulfide) groups is 1. The lowest BCUT2D eigenvalue weighted by molar-refractivity contribution is 0.00215. The first-order valence-corrected chi connectivity index (χ1v) is 8.47. The van der Waals surface area contributed by atoms with Crippen molar-refractivity contribution in [1.29, 1.82) is 0 Å².